The van der Waals surface area contributed by atoms with E-state index >= 15 is 0 Å². The summed E-state index contributed by atoms with van der Waals surface area (Å²) >= 11 is 0. The van der Waals surface area contributed by atoms with E-state index in [1.165, 1.54) is 12.8 Å². The Bertz CT molecular complexity index is 311. The number of carbonyl (C=O) groups is 1. The maximum absolute atomic E-state index is 11.5. The van der Waals surface area contributed by atoms with Gasteiger partial charge in [-0.1, -0.05) is 19.8 Å². The molecule has 0 aliphatic rings. The number of guanidine groups is 1. The van der Waals surface area contributed by atoms with Crippen molar-refractivity contribution in [3.05, 3.63) is 0 Å². The molecule has 21 heavy (non-hydrogen) atoms. The van der Waals surface area contributed by atoms with E-state index in [0.717, 1.165) is 25.5 Å². The van der Waals surface area contributed by atoms with Crippen molar-refractivity contribution in [2.45, 2.75) is 59.5 Å². The van der Waals surface area contributed by atoms with E-state index in [9.17, 15) is 4.79 Å². The van der Waals surface area contributed by atoms with Crippen LogP contribution in [0.25, 0.3) is 0 Å². The van der Waals surface area contributed by atoms with Crippen LogP contribution in [0.1, 0.15) is 53.9 Å². The number of alkyl carbamates (subject to hydrolysis) is 1. The Labute approximate surface area is 129 Å². The lowest BCUT2D eigenvalue weighted by Crippen LogP contribution is -2.42. The zero-order chi connectivity index (χ0) is 16.1. The van der Waals surface area contributed by atoms with Crippen LogP contribution in [-0.2, 0) is 4.74 Å². The van der Waals surface area contributed by atoms with Gasteiger partial charge in [-0.05, 0) is 34.1 Å². The molecule has 0 aromatic carbocycles. The van der Waals surface area contributed by atoms with Crippen LogP contribution in [0.5, 0.6) is 0 Å². The van der Waals surface area contributed by atoms with Gasteiger partial charge in [0.25, 0.3) is 0 Å². The van der Waals surface area contributed by atoms with Crippen LogP contribution in [0, 0.1) is 0 Å². The number of nitrogens with zero attached hydrogens (tertiary/aromatic N) is 1. The van der Waals surface area contributed by atoms with Crippen molar-refractivity contribution >= 4 is 12.1 Å². The molecule has 0 aromatic heterocycles. The molecule has 1 amide bonds. The molecule has 0 aliphatic heterocycles. The second kappa shape index (κ2) is 11.2. The molecule has 6 nitrogen and oxygen atoms in total. The molecule has 0 heterocycles. The highest BCUT2D eigenvalue weighted by Gasteiger charge is 2.15. The summed E-state index contributed by atoms with van der Waals surface area (Å²) in [4.78, 5) is 15.9. The van der Waals surface area contributed by atoms with Crippen LogP contribution in [0.15, 0.2) is 4.99 Å². The number of aliphatic imine (C=N–C) groups is 1. The van der Waals surface area contributed by atoms with Crippen molar-refractivity contribution in [1.29, 1.82) is 0 Å². The number of amides is 1. The number of hydrogen-bond acceptors (Lipinski definition) is 3. The van der Waals surface area contributed by atoms with Gasteiger partial charge >= 0.3 is 6.09 Å². The minimum absolute atomic E-state index is 0.394. The van der Waals surface area contributed by atoms with Crippen LogP contribution in [-0.4, -0.2) is 43.8 Å². The molecular formula is C15H32N4O2. The molecule has 0 bridgehead atoms. The van der Waals surface area contributed by atoms with Crippen molar-refractivity contribution < 1.29 is 9.53 Å². The van der Waals surface area contributed by atoms with Gasteiger partial charge in [0, 0.05) is 26.2 Å². The first kappa shape index (κ1) is 19.5. The van der Waals surface area contributed by atoms with E-state index in [1.807, 2.05) is 27.7 Å². The van der Waals surface area contributed by atoms with E-state index in [1.54, 1.807) is 0 Å². The smallest absolute Gasteiger partial charge is 0.407 e. The van der Waals surface area contributed by atoms with Crippen molar-refractivity contribution in [2.24, 2.45) is 4.99 Å². The minimum Gasteiger partial charge on any atom is -0.444 e. The number of ether oxygens (including phenoxy) is 1. The third-order valence-electron chi connectivity index (χ3n) is 2.46. The molecule has 3 N–H and O–H groups in total. The van der Waals surface area contributed by atoms with Crippen LogP contribution in [0.3, 0.4) is 0 Å². The molecule has 0 radical (unpaired) electrons. The lowest BCUT2D eigenvalue weighted by molar-refractivity contribution is 0.0529. The number of nitrogens with one attached hydrogen (secondary N) is 3. The van der Waals surface area contributed by atoms with Crippen LogP contribution in [0.2, 0.25) is 0 Å². The Morgan fingerprint density at radius 1 is 1.05 bits per heavy atom. The third kappa shape index (κ3) is 13.3. The Morgan fingerprint density at radius 3 is 2.29 bits per heavy atom. The number of carbonyl (C=O) groups excluding carboxylic acids is 1. The summed E-state index contributed by atoms with van der Waals surface area (Å²) in [6.07, 6.45) is 3.10. The van der Waals surface area contributed by atoms with Gasteiger partial charge in [0.1, 0.15) is 5.60 Å². The lowest BCUT2D eigenvalue weighted by atomic mass is 10.2. The number of rotatable bonds is 8. The largest absolute Gasteiger partial charge is 0.444 e. The van der Waals surface area contributed by atoms with E-state index < -0.39 is 11.7 Å². The summed E-state index contributed by atoms with van der Waals surface area (Å²) in [5.41, 5.74) is -0.465. The van der Waals surface area contributed by atoms with Crippen molar-refractivity contribution in [3.63, 3.8) is 0 Å². The van der Waals surface area contributed by atoms with Gasteiger partial charge in [-0.3, -0.25) is 4.99 Å². The molecule has 0 aliphatic carbocycles. The maximum atomic E-state index is 11.5. The topological polar surface area (TPSA) is 74.8 Å². The van der Waals surface area contributed by atoms with E-state index in [-0.39, 0.29) is 0 Å². The zero-order valence-corrected chi connectivity index (χ0v) is 14.2. The normalized spacial score (nSPS) is 12.0. The summed E-state index contributed by atoms with van der Waals surface area (Å²) in [6, 6.07) is 0. The SMILES string of the molecule is CCCCCN=C(NCC)NCCNC(=O)OC(C)(C)C. The number of hydrogen-bond donors (Lipinski definition) is 3. The average molecular weight is 300 g/mol. The highest BCUT2D eigenvalue weighted by atomic mass is 16.6. The molecule has 0 atom stereocenters. The van der Waals surface area contributed by atoms with Crippen molar-refractivity contribution in [3.8, 4) is 0 Å². The van der Waals surface area contributed by atoms with E-state index in [0.29, 0.717) is 13.1 Å². The monoisotopic (exact) mass is 300 g/mol. The highest BCUT2D eigenvalue weighted by molar-refractivity contribution is 5.79. The second-order valence-electron chi connectivity index (χ2n) is 5.82. The Morgan fingerprint density at radius 2 is 1.71 bits per heavy atom. The molecule has 0 fully saturated rings. The molecule has 6 heteroatoms. The zero-order valence-electron chi connectivity index (χ0n) is 14.2. The van der Waals surface area contributed by atoms with Crippen molar-refractivity contribution in [1.82, 2.24) is 16.0 Å². The molecule has 0 saturated carbocycles. The molecule has 124 valence electrons. The second-order valence-corrected chi connectivity index (χ2v) is 5.82. The Balaban J connectivity index is 3.90. The Hall–Kier alpha value is -1.46. The summed E-state index contributed by atoms with van der Waals surface area (Å²) in [5.74, 6) is 0.791. The maximum Gasteiger partial charge on any atom is 0.407 e. The molecule has 0 unspecified atom stereocenters. The summed E-state index contributed by atoms with van der Waals surface area (Å²) in [6.45, 7) is 12.5. The van der Waals surface area contributed by atoms with Gasteiger partial charge in [0.15, 0.2) is 5.96 Å². The van der Waals surface area contributed by atoms with Crippen LogP contribution < -0.4 is 16.0 Å². The quantitative estimate of drug-likeness (QED) is 0.365. The average Bonchev–Trinajstić information content (AvgIpc) is 2.37. The molecule has 0 aromatic rings. The van der Waals surface area contributed by atoms with Gasteiger partial charge in [0.2, 0.25) is 0 Å². The van der Waals surface area contributed by atoms with E-state index in [4.69, 9.17) is 4.74 Å². The Kier molecular flexibility index (Phi) is 10.4. The predicted octanol–water partition coefficient (Wildman–Crippen LogP) is 2.26. The van der Waals surface area contributed by atoms with Gasteiger partial charge < -0.3 is 20.7 Å². The summed E-state index contributed by atoms with van der Waals surface area (Å²) in [7, 11) is 0. The van der Waals surface area contributed by atoms with Gasteiger partial charge in [-0.15, -0.1) is 0 Å². The fourth-order valence-electron chi connectivity index (χ4n) is 1.55. The first-order valence-electron chi connectivity index (χ1n) is 7.88. The van der Waals surface area contributed by atoms with E-state index in [2.05, 4.69) is 27.9 Å². The molecule has 0 saturated heterocycles. The van der Waals surface area contributed by atoms with Gasteiger partial charge in [-0.2, -0.15) is 0 Å². The third-order valence-corrected chi connectivity index (χ3v) is 2.46. The summed E-state index contributed by atoms with van der Waals surface area (Å²) in [5, 5.41) is 9.07. The number of unbranched alkanes of at least 4 members (excludes halogenated alkanes) is 2. The van der Waals surface area contributed by atoms with Crippen LogP contribution in [0.4, 0.5) is 4.79 Å². The highest BCUT2D eigenvalue weighted by Crippen LogP contribution is 2.05. The van der Waals surface area contributed by atoms with Gasteiger partial charge in [0.05, 0.1) is 0 Å². The first-order valence-corrected chi connectivity index (χ1v) is 7.88. The van der Waals surface area contributed by atoms with Crippen LogP contribution >= 0.6 is 0 Å². The fraction of sp³-hybridized carbons (Fsp3) is 0.867. The molecule has 0 spiro atoms. The predicted molar refractivity (Wildman–Crippen MR) is 87.7 cm³/mol. The van der Waals surface area contributed by atoms with Crippen molar-refractivity contribution in [2.75, 3.05) is 26.2 Å². The summed E-state index contributed by atoms with van der Waals surface area (Å²) < 4.78 is 5.16. The standard InChI is InChI=1S/C15H32N4O2/c1-6-8-9-10-17-13(16-7-2)18-11-12-19-14(20)21-15(3,4)5/h6-12H2,1-5H3,(H,19,20)(H2,16,17,18). The molecule has 0 rings (SSSR count). The molecular weight excluding hydrogens is 268 g/mol. The lowest BCUT2D eigenvalue weighted by Gasteiger charge is -2.19. The van der Waals surface area contributed by atoms with Gasteiger partial charge in [-0.25, -0.2) is 4.79 Å². The first-order chi connectivity index (χ1) is 9.89. The minimum atomic E-state index is -0.465. The fourth-order valence-corrected chi connectivity index (χ4v) is 1.55.